The number of pyridine rings is 1. The zero-order valence-electron chi connectivity index (χ0n) is 12.7. The Morgan fingerprint density at radius 1 is 1.33 bits per heavy atom. The van der Waals surface area contributed by atoms with E-state index in [4.69, 9.17) is 4.74 Å². The molecule has 0 aliphatic carbocycles. The molecule has 0 amide bonds. The maximum Gasteiger partial charge on any atom is 0.357 e. The standard InChI is InChI=1S/C15H20FNO4/c1-5-20-13(18)11(16)8-10-6-7-12(17-9-10)14(19)21-15(2,3)4/h6-7,9,11H,5,8H2,1-4H3. The minimum Gasteiger partial charge on any atom is -0.464 e. The van der Waals surface area contributed by atoms with Crippen LogP contribution in [0.15, 0.2) is 18.3 Å². The van der Waals surface area contributed by atoms with E-state index in [1.807, 2.05) is 0 Å². The quantitative estimate of drug-likeness (QED) is 0.781. The van der Waals surface area contributed by atoms with Gasteiger partial charge in [0.25, 0.3) is 0 Å². The molecule has 0 spiro atoms. The molecule has 0 aliphatic rings. The zero-order valence-corrected chi connectivity index (χ0v) is 12.7. The summed E-state index contributed by atoms with van der Waals surface area (Å²) in [4.78, 5) is 26.9. The third kappa shape index (κ3) is 5.89. The van der Waals surface area contributed by atoms with Gasteiger partial charge in [-0.2, -0.15) is 0 Å². The van der Waals surface area contributed by atoms with Gasteiger partial charge < -0.3 is 9.47 Å². The number of carbonyl (C=O) groups is 2. The lowest BCUT2D eigenvalue weighted by Crippen LogP contribution is -2.24. The summed E-state index contributed by atoms with van der Waals surface area (Å²) in [6.45, 7) is 7.02. The van der Waals surface area contributed by atoms with Crippen molar-refractivity contribution in [3.63, 3.8) is 0 Å². The van der Waals surface area contributed by atoms with Crippen LogP contribution in [-0.2, 0) is 20.7 Å². The summed E-state index contributed by atoms with van der Waals surface area (Å²) in [6.07, 6.45) is -0.523. The zero-order chi connectivity index (χ0) is 16.0. The third-order valence-corrected chi connectivity index (χ3v) is 2.39. The van der Waals surface area contributed by atoms with E-state index in [2.05, 4.69) is 9.72 Å². The van der Waals surface area contributed by atoms with Crippen LogP contribution in [0.5, 0.6) is 0 Å². The highest BCUT2D eigenvalue weighted by atomic mass is 19.1. The molecule has 1 unspecified atom stereocenters. The van der Waals surface area contributed by atoms with Gasteiger partial charge in [-0.1, -0.05) is 6.07 Å². The molecule has 1 aromatic rings. The fourth-order valence-electron chi connectivity index (χ4n) is 1.52. The van der Waals surface area contributed by atoms with Gasteiger partial charge in [-0.3, -0.25) is 0 Å². The lowest BCUT2D eigenvalue weighted by molar-refractivity contribution is -0.149. The van der Waals surface area contributed by atoms with Crippen molar-refractivity contribution in [1.82, 2.24) is 4.98 Å². The average Bonchev–Trinajstić information content (AvgIpc) is 2.37. The molecule has 5 nitrogen and oxygen atoms in total. The van der Waals surface area contributed by atoms with E-state index in [0.717, 1.165) is 0 Å². The Morgan fingerprint density at radius 2 is 2.00 bits per heavy atom. The lowest BCUT2D eigenvalue weighted by atomic mass is 10.1. The van der Waals surface area contributed by atoms with Crippen molar-refractivity contribution in [1.29, 1.82) is 0 Å². The van der Waals surface area contributed by atoms with Gasteiger partial charge in [-0.05, 0) is 39.3 Å². The van der Waals surface area contributed by atoms with Gasteiger partial charge in [0.15, 0.2) is 0 Å². The minimum absolute atomic E-state index is 0.134. The molecule has 1 aromatic heterocycles. The Labute approximate surface area is 123 Å². The van der Waals surface area contributed by atoms with Crippen LogP contribution in [-0.4, -0.2) is 35.3 Å². The van der Waals surface area contributed by atoms with Crippen LogP contribution in [0.3, 0.4) is 0 Å². The summed E-state index contributed by atoms with van der Waals surface area (Å²) in [5, 5.41) is 0. The molecule has 1 rings (SSSR count). The maximum absolute atomic E-state index is 13.6. The van der Waals surface area contributed by atoms with Crippen molar-refractivity contribution in [2.24, 2.45) is 0 Å². The van der Waals surface area contributed by atoms with E-state index in [1.54, 1.807) is 27.7 Å². The Bertz CT molecular complexity index is 493. The number of hydrogen-bond acceptors (Lipinski definition) is 5. The Morgan fingerprint density at radius 3 is 2.48 bits per heavy atom. The number of nitrogens with zero attached hydrogens (tertiary/aromatic N) is 1. The van der Waals surface area contributed by atoms with Crippen molar-refractivity contribution in [2.45, 2.75) is 45.9 Å². The van der Waals surface area contributed by atoms with Crippen LogP contribution in [0, 0.1) is 0 Å². The topological polar surface area (TPSA) is 65.5 Å². The van der Waals surface area contributed by atoms with Crippen molar-refractivity contribution in [2.75, 3.05) is 6.61 Å². The van der Waals surface area contributed by atoms with Crippen molar-refractivity contribution in [3.05, 3.63) is 29.6 Å². The maximum atomic E-state index is 13.6. The Hall–Kier alpha value is -1.98. The molecule has 6 heteroatoms. The number of esters is 2. The largest absolute Gasteiger partial charge is 0.464 e. The van der Waals surface area contributed by atoms with Crippen molar-refractivity contribution in [3.8, 4) is 0 Å². The van der Waals surface area contributed by atoms with Crippen LogP contribution < -0.4 is 0 Å². The predicted molar refractivity (Wildman–Crippen MR) is 74.6 cm³/mol. The number of rotatable bonds is 5. The van der Waals surface area contributed by atoms with Crippen LogP contribution in [0.1, 0.15) is 43.7 Å². The second kappa shape index (κ2) is 7.15. The van der Waals surface area contributed by atoms with Gasteiger partial charge in [0.2, 0.25) is 6.17 Å². The molecule has 0 aromatic carbocycles. The number of alkyl halides is 1. The molecular formula is C15H20FNO4. The molecule has 21 heavy (non-hydrogen) atoms. The van der Waals surface area contributed by atoms with E-state index in [9.17, 15) is 14.0 Å². The molecule has 0 fully saturated rings. The summed E-state index contributed by atoms with van der Waals surface area (Å²) < 4.78 is 23.3. The number of carbonyl (C=O) groups excluding carboxylic acids is 2. The van der Waals surface area contributed by atoms with E-state index in [-0.39, 0.29) is 18.7 Å². The number of aromatic nitrogens is 1. The molecule has 116 valence electrons. The van der Waals surface area contributed by atoms with Crippen molar-refractivity contribution >= 4 is 11.9 Å². The first-order valence-electron chi connectivity index (χ1n) is 6.72. The smallest absolute Gasteiger partial charge is 0.357 e. The first-order chi connectivity index (χ1) is 9.73. The van der Waals surface area contributed by atoms with Gasteiger partial charge in [-0.15, -0.1) is 0 Å². The summed E-state index contributed by atoms with van der Waals surface area (Å²) in [6, 6.07) is 2.99. The number of ether oxygens (including phenoxy) is 2. The summed E-state index contributed by atoms with van der Waals surface area (Å²) >= 11 is 0. The van der Waals surface area contributed by atoms with E-state index in [0.29, 0.717) is 5.56 Å². The second-order valence-electron chi connectivity index (χ2n) is 5.48. The Balaban J connectivity index is 2.66. The van der Waals surface area contributed by atoms with E-state index in [1.165, 1.54) is 18.3 Å². The first-order valence-corrected chi connectivity index (χ1v) is 6.72. The normalized spacial score (nSPS) is 12.6. The molecule has 0 bridgehead atoms. The first kappa shape index (κ1) is 17.1. The molecule has 0 radical (unpaired) electrons. The summed E-state index contributed by atoms with van der Waals surface area (Å²) in [5.41, 5.74) is 0.0360. The van der Waals surface area contributed by atoms with Gasteiger partial charge in [-0.25, -0.2) is 19.0 Å². The minimum atomic E-state index is -1.74. The number of halogens is 1. The molecule has 0 saturated heterocycles. The highest BCUT2D eigenvalue weighted by Gasteiger charge is 2.21. The third-order valence-electron chi connectivity index (χ3n) is 2.39. The highest BCUT2D eigenvalue weighted by Crippen LogP contribution is 2.12. The monoisotopic (exact) mass is 297 g/mol. The lowest BCUT2D eigenvalue weighted by Gasteiger charge is -2.19. The van der Waals surface area contributed by atoms with E-state index >= 15 is 0 Å². The highest BCUT2D eigenvalue weighted by molar-refractivity contribution is 5.87. The van der Waals surface area contributed by atoms with Gasteiger partial charge in [0.1, 0.15) is 11.3 Å². The van der Waals surface area contributed by atoms with Crippen LogP contribution in [0.25, 0.3) is 0 Å². The van der Waals surface area contributed by atoms with Gasteiger partial charge >= 0.3 is 11.9 Å². The van der Waals surface area contributed by atoms with Crippen LogP contribution in [0.2, 0.25) is 0 Å². The van der Waals surface area contributed by atoms with Crippen LogP contribution >= 0.6 is 0 Å². The second-order valence-corrected chi connectivity index (χ2v) is 5.48. The summed E-state index contributed by atoms with van der Waals surface area (Å²) in [7, 11) is 0. The molecular weight excluding hydrogens is 277 g/mol. The molecule has 0 N–H and O–H groups in total. The fourth-order valence-corrected chi connectivity index (χ4v) is 1.52. The molecule has 1 heterocycles. The Kier molecular flexibility index (Phi) is 5.81. The van der Waals surface area contributed by atoms with Crippen LogP contribution in [0.4, 0.5) is 4.39 Å². The average molecular weight is 297 g/mol. The van der Waals surface area contributed by atoms with Gasteiger partial charge in [0.05, 0.1) is 6.61 Å². The molecule has 0 saturated carbocycles. The fraction of sp³-hybridized carbons (Fsp3) is 0.533. The molecule has 0 aliphatic heterocycles. The number of hydrogen-bond donors (Lipinski definition) is 0. The van der Waals surface area contributed by atoms with E-state index < -0.39 is 23.7 Å². The van der Waals surface area contributed by atoms with Gasteiger partial charge in [0, 0.05) is 12.6 Å². The SMILES string of the molecule is CCOC(=O)C(F)Cc1ccc(C(=O)OC(C)(C)C)nc1. The van der Waals surface area contributed by atoms with Crippen molar-refractivity contribution < 1.29 is 23.5 Å². The molecule has 1 atom stereocenters. The predicted octanol–water partition coefficient (Wildman–Crippen LogP) is 2.48. The summed E-state index contributed by atoms with van der Waals surface area (Å²) in [5.74, 6) is -1.44.